The summed E-state index contributed by atoms with van der Waals surface area (Å²) < 4.78 is 0. The molecule has 2 aromatic heterocycles. The Morgan fingerprint density at radius 2 is 2.21 bits per heavy atom. The number of nitrogens with zero attached hydrogens (tertiary/aromatic N) is 3. The van der Waals surface area contributed by atoms with E-state index in [9.17, 15) is 9.59 Å². The van der Waals surface area contributed by atoms with Crippen molar-refractivity contribution in [1.82, 2.24) is 20.2 Å². The number of hydrogen-bond donors (Lipinski definition) is 4. The number of carbonyl (C=O) groups excluding carboxylic acids is 1. The van der Waals surface area contributed by atoms with Crippen LogP contribution in [0.5, 0.6) is 0 Å². The number of rotatable bonds is 4. The van der Waals surface area contributed by atoms with E-state index >= 15 is 0 Å². The molecule has 9 nitrogen and oxygen atoms in total. The second-order valence-corrected chi connectivity index (χ2v) is 3.61. The molecular weight excluding hydrogens is 252 g/mol. The van der Waals surface area contributed by atoms with Gasteiger partial charge in [-0.25, -0.2) is 0 Å². The molecule has 19 heavy (non-hydrogen) atoms. The number of anilines is 2. The standard InChI is InChI=1S/C10H10N6O3/c11-10-14-8(15-16-10)9(19)13-6-2-1-5(12-4-6)3-7(17)18/h1-2,4H,3H2,(H,13,19)(H,17,18)(H3,11,14,15,16). The van der Waals surface area contributed by atoms with E-state index in [4.69, 9.17) is 10.8 Å². The zero-order chi connectivity index (χ0) is 13.8. The highest BCUT2D eigenvalue weighted by molar-refractivity contribution is 6.01. The van der Waals surface area contributed by atoms with Gasteiger partial charge in [0.05, 0.1) is 24.0 Å². The molecule has 0 fully saturated rings. The second kappa shape index (κ2) is 5.12. The first-order chi connectivity index (χ1) is 9.04. The van der Waals surface area contributed by atoms with Crippen molar-refractivity contribution >= 4 is 23.5 Å². The minimum Gasteiger partial charge on any atom is -0.481 e. The average molecular weight is 262 g/mol. The number of H-pyrrole nitrogens is 1. The summed E-state index contributed by atoms with van der Waals surface area (Å²) in [4.78, 5) is 29.7. The van der Waals surface area contributed by atoms with Crippen molar-refractivity contribution in [1.29, 1.82) is 0 Å². The van der Waals surface area contributed by atoms with E-state index in [0.29, 0.717) is 11.4 Å². The number of carboxylic acids is 1. The van der Waals surface area contributed by atoms with E-state index < -0.39 is 11.9 Å². The van der Waals surface area contributed by atoms with Gasteiger partial charge in [0.25, 0.3) is 5.91 Å². The van der Waals surface area contributed by atoms with E-state index in [1.54, 1.807) is 6.07 Å². The maximum atomic E-state index is 11.7. The molecule has 0 radical (unpaired) electrons. The maximum absolute atomic E-state index is 11.7. The lowest BCUT2D eigenvalue weighted by molar-refractivity contribution is -0.136. The van der Waals surface area contributed by atoms with Crippen molar-refractivity contribution in [3.05, 3.63) is 29.8 Å². The number of aromatic nitrogens is 4. The predicted molar refractivity (Wildman–Crippen MR) is 64.3 cm³/mol. The molecule has 0 aliphatic carbocycles. The normalized spacial score (nSPS) is 10.1. The molecule has 0 aliphatic rings. The number of amides is 1. The van der Waals surface area contributed by atoms with Crippen molar-refractivity contribution in [2.75, 3.05) is 11.1 Å². The Hall–Kier alpha value is -2.97. The van der Waals surface area contributed by atoms with E-state index in [0.717, 1.165) is 0 Å². The largest absolute Gasteiger partial charge is 0.481 e. The zero-order valence-corrected chi connectivity index (χ0v) is 9.62. The lowest BCUT2D eigenvalue weighted by Gasteiger charge is -2.03. The van der Waals surface area contributed by atoms with Gasteiger partial charge in [0, 0.05) is 0 Å². The minimum absolute atomic E-state index is 0.0212. The molecule has 2 rings (SSSR count). The van der Waals surface area contributed by atoms with Crippen molar-refractivity contribution in [2.24, 2.45) is 0 Å². The van der Waals surface area contributed by atoms with Crippen molar-refractivity contribution < 1.29 is 14.7 Å². The van der Waals surface area contributed by atoms with E-state index in [1.165, 1.54) is 12.3 Å². The van der Waals surface area contributed by atoms with Gasteiger partial charge in [-0.3, -0.25) is 19.7 Å². The molecule has 0 aliphatic heterocycles. The quantitative estimate of drug-likeness (QED) is 0.589. The van der Waals surface area contributed by atoms with Gasteiger partial charge in [0.1, 0.15) is 0 Å². The van der Waals surface area contributed by atoms with Crippen molar-refractivity contribution in [3.63, 3.8) is 0 Å². The highest BCUT2D eigenvalue weighted by Crippen LogP contribution is 2.08. The van der Waals surface area contributed by atoms with E-state index in [-0.39, 0.29) is 18.2 Å². The molecule has 0 aromatic carbocycles. The number of aromatic amines is 1. The van der Waals surface area contributed by atoms with Crippen LogP contribution in [0.1, 0.15) is 16.3 Å². The van der Waals surface area contributed by atoms with Crippen LogP contribution in [0.4, 0.5) is 11.6 Å². The number of nitrogen functional groups attached to an aromatic ring is 1. The van der Waals surface area contributed by atoms with Crippen molar-refractivity contribution in [2.45, 2.75) is 6.42 Å². The SMILES string of the molecule is Nc1n[nH]c(C(=O)Nc2ccc(CC(=O)O)nc2)n1. The summed E-state index contributed by atoms with van der Waals surface area (Å²) in [7, 11) is 0. The van der Waals surface area contributed by atoms with E-state index in [1.807, 2.05) is 0 Å². The van der Waals surface area contributed by atoms with Crippen LogP contribution in [0.2, 0.25) is 0 Å². The number of nitrogens with two attached hydrogens (primary N) is 1. The smallest absolute Gasteiger partial charge is 0.309 e. The molecule has 0 spiro atoms. The van der Waals surface area contributed by atoms with Crippen LogP contribution in [0.25, 0.3) is 0 Å². The summed E-state index contributed by atoms with van der Waals surface area (Å²) in [6.45, 7) is 0. The summed E-state index contributed by atoms with van der Waals surface area (Å²) >= 11 is 0. The number of pyridine rings is 1. The fraction of sp³-hybridized carbons (Fsp3) is 0.100. The molecule has 0 unspecified atom stereocenters. The molecular formula is C10H10N6O3. The minimum atomic E-state index is -0.971. The first-order valence-corrected chi connectivity index (χ1v) is 5.20. The predicted octanol–water partition coefficient (Wildman–Crippen LogP) is -0.339. The first kappa shape index (κ1) is 12.5. The molecule has 2 aromatic rings. The highest BCUT2D eigenvalue weighted by Gasteiger charge is 2.11. The Bertz CT molecular complexity index is 606. The fourth-order valence-corrected chi connectivity index (χ4v) is 1.32. The number of hydrogen-bond acceptors (Lipinski definition) is 6. The highest BCUT2D eigenvalue weighted by atomic mass is 16.4. The van der Waals surface area contributed by atoms with Crippen LogP contribution >= 0.6 is 0 Å². The fourth-order valence-electron chi connectivity index (χ4n) is 1.32. The number of carboxylic acid groups (broad SMARTS) is 1. The third-order valence-electron chi connectivity index (χ3n) is 2.13. The molecule has 98 valence electrons. The zero-order valence-electron chi connectivity index (χ0n) is 9.62. The van der Waals surface area contributed by atoms with Gasteiger partial charge in [-0.15, -0.1) is 5.10 Å². The molecule has 1 amide bonds. The van der Waals surface area contributed by atoms with Gasteiger partial charge in [0.15, 0.2) is 0 Å². The summed E-state index contributed by atoms with van der Waals surface area (Å²) in [6.07, 6.45) is 1.18. The van der Waals surface area contributed by atoms with Crippen LogP contribution in [0.3, 0.4) is 0 Å². The lowest BCUT2D eigenvalue weighted by atomic mass is 10.2. The Balaban J connectivity index is 2.03. The monoisotopic (exact) mass is 262 g/mol. The first-order valence-electron chi connectivity index (χ1n) is 5.20. The molecule has 5 N–H and O–H groups in total. The van der Waals surface area contributed by atoms with Gasteiger partial charge in [-0.05, 0) is 12.1 Å². The molecule has 0 saturated heterocycles. The topological polar surface area (TPSA) is 147 Å². The molecule has 2 heterocycles. The van der Waals surface area contributed by atoms with Crippen molar-refractivity contribution in [3.8, 4) is 0 Å². The van der Waals surface area contributed by atoms with Crippen LogP contribution in [-0.4, -0.2) is 37.1 Å². The van der Waals surface area contributed by atoms with Gasteiger partial charge in [0.2, 0.25) is 11.8 Å². The third-order valence-corrected chi connectivity index (χ3v) is 2.13. The maximum Gasteiger partial charge on any atom is 0.309 e. The Labute approximate surface area is 106 Å². The van der Waals surface area contributed by atoms with Gasteiger partial charge in [-0.1, -0.05) is 0 Å². The number of nitrogens with one attached hydrogen (secondary N) is 2. The third kappa shape index (κ3) is 3.25. The molecule has 9 heteroatoms. The van der Waals surface area contributed by atoms with Gasteiger partial charge < -0.3 is 16.2 Å². The Morgan fingerprint density at radius 3 is 2.74 bits per heavy atom. The summed E-state index contributed by atoms with van der Waals surface area (Å²) in [5, 5.41) is 17.0. The molecule has 0 saturated carbocycles. The van der Waals surface area contributed by atoms with Gasteiger partial charge >= 0.3 is 5.97 Å². The van der Waals surface area contributed by atoms with Gasteiger partial charge in [-0.2, -0.15) is 4.98 Å². The summed E-state index contributed by atoms with van der Waals surface area (Å²) in [6, 6.07) is 3.06. The van der Waals surface area contributed by atoms with Crippen LogP contribution < -0.4 is 11.1 Å². The molecule has 0 atom stereocenters. The van der Waals surface area contributed by atoms with Crippen LogP contribution in [-0.2, 0) is 11.2 Å². The molecule has 0 bridgehead atoms. The lowest BCUT2D eigenvalue weighted by Crippen LogP contribution is -2.14. The number of carbonyl (C=O) groups is 2. The second-order valence-electron chi connectivity index (χ2n) is 3.61. The summed E-state index contributed by atoms with van der Waals surface area (Å²) in [5.41, 5.74) is 6.08. The van der Waals surface area contributed by atoms with E-state index in [2.05, 4.69) is 25.5 Å². The number of aliphatic carboxylic acids is 1. The Morgan fingerprint density at radius 1 is 1.42 bits per heavy atom. The van der Waals surface area contributed by atoms with Crippen LogP contribution in [0, 0.1) is 0 Å². The Kier molecular flexibility index (Phi) is 3.37. The van der Waals surface area contributed by atoms with Crippen LogP contribution in [0.15, 0.2) is 18.3 Å². The summed E-state index contributed by atoms with van der Waals surface area (Å²) in [5.74, 6) is -1.54. The average Bonchev–Trinajstić information content (AvgIpc) is 2.78.